The number of anilines is 1. The SMILES string of the molecule is COc1ccccc1N(CC(=O)N(Cc1ccc(Cl)c(Cl)c1)[C@H](C)C(=O)NC1CCCCC1)S(C)(=O)=O. The average Bonchev–Trinajstić information content (AvgIpc) is 2.87. The van der Waals surface area contributed by atoms with Gasteiger partial charge in [-0.25, -0.2) is 8.42 Å². The van der Waals surface area contributed by atoms with E-state index >= 15 is 0 Å². The van der Waals surface area contributed by atoms with Crippen molar-refractivity contribution in [3.05, 3.63) is 58.1 Å². The minimum absolute atomic E-state index is 0.0402. The predicted molar refractivity (Wildman–Crippen MR) is 147 cm³/mol. The molecule has 1 atom stereocenters. The van der Waals surface area contributed by atoms with Gasteiger partial charge in [-0.3, -0.25) is 13.9 Å². The van der Waals surface area contributed by atoms with Crippen LogP contribution in [0, 0.1) is 0 Å². The second kappa shape index (κ2) is 12.8. The number of amides is 2. The van der Waals surface area contributed by atoms with Crippen molar-refractivity contribution < 1.29 is 22.7 Å². The van der Waals surface area contributed by atoms with Gasteiger partial charge in [0.15, 0.2) is 0 Å². The summed E-state index contributed by atoms with van der Waals surface area (Å²) in [6, 6.07) is 10.7. The van der Waals surface area contributed by atoms with Crippen molar-refractivity contribution in [2.45, 2.75) is 57.7 Å². The predicted octanol–water partition coefficient (Wildman–Crippen LogP) is 4.63. The van der Waals surface area contributed by atoms with Crippen molar-refractivity contribution in [3.63, 3.8) is 0 Å². The molecule has 0 saturated heterocycles. The van der Waals surface area contributed by atoms with Crippen LogP contribution in [0.25, 0.3) is 0 Å². The molecule has 2 aromatic carbocycles. The lowest BCUT2D eigenvalue weighted by molar-refractivity contribution is -0.139. The molecule has 1 aliphatic carbocycles. The third-order valence-corrected chi connectivity index (χ3v) is 8.35. The van der Waals surface area contributed by atoms with Gasteiger partial charge in [0.1, 0.15) is 18.3 Å². The Morgan fingerprint density at radius 1 is 1.08 bits per heavy atom. The number of rotatable bonds is 10. The zero-order valence-electron chi connectivity index (χ0n) is 21.2. The molecule has 0 bridgehead atoms. The lowest BCUT2D eigenvalue weighted by Gasteiger charge is -2.33. The highest BCUT2D eigenvalue weighted by molar-refractivity contribution is 7.92. The Hall–Kier alpha value is -2.49. The number of halogens is 2. The zero-order valence-corrected chi connectivity index (χ0v) is 23.6. The Balaban J connectivity index is 1.91. The smallest absolute Gasteiger partial charge is 0.244 e. The van der Waals surface area contributed by atoms with Crippen molar-refractivity contribution in [3.8, 4) is 5.75 Å². The second-order valence-electron chi connectivity index (χ2n) is 9.23. The molecule has 8 nitrogen and oxygen atoms in total. The summed E-state index contributed by atoms with van der Waals surface area (Å²) >= 11 is 12.2. The van der Waals surface area contributed by atoms with Crippen LogP contribution in [0.15, 0.2) is 42.5 Å². The van der Waals surface area contributed by atoms with Crippen LogP contribution < -0.4 is 14.4 Å². The number of hydrogen-bond acceptors (Lipinski definition) is 5. The molecule has 202 valence electrons. The monoisotopic (exact) mass is 569 g/mol. The maximum absolute atomic E-state index is 13.7. The summed E-state index contributed by atoms with van der Waals surface area (Å²) in [7, 11) is -2.44. The van der Waals surface area contributed by atoms with Crippen molar-refractivity contribution >= 4 is 50.7 Å². The van der Waals surface area contributed by atoms with Gasteiger partial charge in [0.2, 0.25) is 21.8 Å². The van der Waals surface area contributed by atoms with E-state index in [0.717, 1.165) is 42.7 Å². The van der Waals surface area contributed by atoms with E-state index in [1.165, 1.54) is 12.0 Å². The first-order valence-electron chi connectivity index (χ1n) is 12.2. The molecule has 1 N–H and O–H groups in total. The first kappa shape index (κ1) is 29.1. The van der Waals surface area contributed by atoms with Crippen molar-refractivity contribution in [2.24, 2.45) is 0 Å². The van der Waals surface area contributed by atoms with Gasteiger partial charge in [0.25, 0.3) is 0 Å². The van der Waals surface area contributed by atoms with E-state index in [9.17, 15) is 18.0 Å². The van der Waals surface area contributed by atoms with Gasteiger partial charge in [-0.15, -0.1) is 0 Å². The Morgan fingerprint density at radius 3 is 2.38 bits per heavy atom. The number of carbonyl (C=O) groups excluding carboxylic acids is 2. The molecule has 3 rings (SSSR count). The van der Waals surface area contributed by atoms with Crippen molar-refractivity contribution in [2.75, 3.05) is 24.2 Å². The lowest BCUT2D eigenvalue weighted by atomic mass is 9.95. The van der Waals surface area contributed by atoms with Gasteiger partial charge in [-0.2, -0.15) is 0 Å². The van der Waals surface area contributed by atoms with Gasteiger partial charge in [-0.1, -0.05) is 60.7 Å². The summed E-state index contributed by atoms with van der Waals surface area (Å²) in [6.07, 6.45) is 6.06. The van der Waals surface area contributed by atoms with Crippen LogP contribution in [0.1, 0.15) is 44.6 Å². The fraction of sp³-hybridized carbons (Fsp3) is 0.462. The number of nitrogens with zero attached hydrogens (tertiary/aromatic N) is 2. The Bertz CT molecular complexity index is 1220. The molecule has 0 aliphatic heterocycles. The van der Waals surface area contributed by atoms with Crippen LogP contribution >= 0.6 is 23.2 Å². The summed E-state index contributed by atoms with van der Waals surface area (Å²) in [4.78, 5) is 28.3. The second-order valence-corrected chi connectivity index (χ2v) is 12.0. The van der Waals surface area contributed by atoms with Crippen molar-refractivity contribution in [1.82, 2.24) is 10.2 Å². The molecule has 0 radical (unpaired) electrons. The zero-order chi connectivity index (χ0) is 27.2. The number of nitrogens with one attached hydrogen (secondary N) is 1. The Kier molecular flexibility index (Phi) is 10.1. The quantitative estimate of drug-likeness (QED) is 0.449. The molecule has 0 heterocycles. The third kappa shape index (κ3) is 7.75. The first-order valence-corrected chi connectivity index (χ1v) is 14.8. The molecule has 2 amide bonds. The van der Waals surface area contributed by atoms with E-state index in [0.29, 0.717) is 21.4 Å². The number of hydrogen-bond donors (Lipinski definition) is 1. The average molecular weight is 571 g/mol. The van der Waals surface area contributed by atoms with Gasteiger partial charge in [0.05, 0.1) is 29.1 Å². The fourth-order valence-electron chi connectivity index (χ4n) is 4.42. The molecule has 0 spiro atoms. The molecule has 0 aromatic heterocycles. The summed E-state index contributed by atoms with van der Waals surface area (Å²) in [6.45, 7) is 1.17. The van der Waals surface area contributed by atoms with E-state index in [2.05, 4.69) is 5.32 Å². The van der Waals surface area contributed by atoms with Crippen LogP contribution in [0.2, 0.25) is 10.0 Å². The molecule has 1 saturated carbocycles. The van der Waals surface area contributed by atoms with E-state index in [-0.39, 0.29) is 24.2 Å². The number of carbonyl (C=O) groups is 2. The molecule has 1 aliphatic rings. The number of para-hydroxylation sites is 2. The molecule has 2 aromatic rings. The summed E-state index contributed by atoms with van der Waals surface area (Å²) in [5.74, 6) is -0.531. The first-order chi connectivity index (χ1) is 17.5. The van der Waals surface area contributed by atoms with Crippen LogP contribution in [0.3, 0.4) is 0 Å². The highest BCUT2D eigenvalue weighted by atomic mass is 35.5. The number of benzene rings is 2. The molecular formula is C26H33Cl2N3O5S. The largest absolute Gasteiger partial charge is 0.495 e. The van der Waals surface area contributed by atoms with E-state index in [1.54, 1.807) is 49.4 Å². The Labute approximate surface area is 228 Å². The number of methoxy groups -OCH3 is 1. The van der Waals surface area contributed by atoms with Gasteiger partial charge in [-0.05, 0) is 49.6 Å². The van der Waals surface area contributed by atoms with E-state index < -0.39 is 28.5 Å². The van der Waals surface area contributed by atoms with Gasteiger partial charge in [0, 0.05) is 12.6 Å². The number of sulfonamides is 1. The highest BCUT2D eigenvalue weighted by Crippen LogP contribution is 2.30. The summed E-state index contributed by atoms with van der Waals surface area (Å²) in [5.41, 5.74) is 0.887. The fourth-order valence-corrected chi connectivity index (χ4v) is 5.59. The normalized spacial score (nSPS) is 15.1. The van der Waals surface area contributed by atoms with E-state index in [4.69, 9.17) is 27.9 Å². The minimum atomic E-state index is -3.87. The van der Waals surface area contributed by atoms with Crippen LogP contribution in [0.4, 0.5) is 5.69 Å². The highest BCUT2D eigenvalue weighted by Gasteiger charge is 2.32. The maximum Gasteiger partial charge on any atom is 0.244 e. The molecule has 11 heteroatoms. The van der Waals surface area contributed by atoms with Crippen molar-refractivity contribution in [1.29, 1.82) is 0 Å². The van der Waals surface area contributed by atoms with Gasteiger partial charge < -0.3 is 15.0 Å². The van der Waals surface area contributed by atoms with Gasteiger partial charge >= 0.3 is 0 Å². The van der Waals surface area contributed by atoms with Crippen LogP contribution in [-0.2, 0) is 26.2 Å². The molecule has 1 fully saturated rings. The molecule has 0 unspecified atom stereocenters. The van der Waals surface area contributed by atoms with Crippen LogP contribution in [0.5, 0.6) is 5.75 Å². The lowest BCUT2D eigenvalue weighted by Crippen LogP contribution is -2.53. The Morgan fingerprint density at radius 2 is 1.76 bits per heavy atom. The number of ether oxygens (including phenoxy) is 1. The standard InChI is InChI=1S/C26H33Cl2N3O5S/c1-18(26(33)29-20-9-5-4-6-10-20)30(16-19-13-14-21(27)22(28)15-19)25(32)17-31(37(3,34)35)23-11-7-8-12-24(23)36-2/h7-8,11-15,18,20H,4-6,9-10,16-17H2,1-3H3,(H,29,33)/t18-/m1/s1. The maximum atomic E-state index is 13.7. The topological polar surface area (TPSA) is 96.0 Å². The summed E-state index contributed by atoms with van der Waals surface area (Å²) < 4.78 is 31.8. The third-order valence-electron chi connectivity index (χ3n) is 6.49. The summed E-state index contributed by atoms with van der Waals surface area (Å²) in [5, 5.41) is 3.75. The molecule has 37 heavy (non-hydrogen) atoms. The minimum Gasteiger partial charge on any atom is -0.495 e. The van der Waals surface area contributed by atoms with E-state index in [1.807, 2.05) is 0 Å². The molecular weight excluding hydrogens is 537 g/mol. The van der Waals surface area contributed by atoms with Crippen LogP contribution in [-0.4, -0.2) is 57.1 Å².